The van der Waals surface area contributed by atoms with Crippen molar-refractivity contribution in [1.29, 1.82) is 0 Å². The molecular weight excluding hydrogens is 272 g/mol. The van der Waals surface area contributed by atoms with Crippen LogP contribution in [-0.2, 0) is 25.4 Å². The summed E-state index contributed by atoms with van der Waals surface area (Å²) in [6.45, 7) is 3.51. The van der Waals surface area contributed by atoms with E-state index < -0.39 is 20.6 Å². The van der Waals surface area contributed by atoms with Crippen LogP contribution in [0.15, 0.2) is 34.1 Å². The summed E-state index contributed by atoms with van der Waals surface area (Å²) in [6, 6.07) is 5.78. The van der Waals surface area contributed by atoms with E-state index in [4.69, 9.17) is 0 Å². The van der Waals surface area contributed by atoms with Crippen LogP contribution in [0.3, 0.4) is 0 Å². The topological polar surface area (TPSA) is 68.3 Å². The first kappa shape index (κ1) is 15.0. The molecule has 1 unspecified atom stereocenters. The van der Waals surface area contributed by atoms with Crippen molar-refractivity contribution in [1.82, 2.24) is 0 Å². The smallest absolute Gasteiger partial charge is 0.175 e. The van der Waals surface area contributed by atoms with Gasteiger partial charge in [-0.25, -0.2) is 8.42 Å². The van der Waals surface area contributed by atoms with Gasteiger partial charge in [-0.05, 0) is 24.3 Å². The number of hydrogen-bond donors (Lipinski definition) is 0. The number of hydrogen-bond acceptors (Lipinski definition) is 4. The Bertz CT molecular complexity index is 556. The molecule has 4 nitrogen and oxygen atoms in total. The Labute approximate surface area is 110 Å². The number of carbonyl (C=O) groups excluding carboxylic acids is 1. The van der Waals surface area contributed by atoms with Gasteiger partial charge in [0.25, 0.3) is 0 Å². The molecule has 6 heteroatoms. The van der Waals surface area contributed by atoms with E-state index >= 15 is 0 Å². The SMILES string of the molecule is CC(C)C(=O)CS(=O)c1ccc(S(C)(=O)=O)cc1. The minimum Gasteiger partial charge on any atom is -0.298 e. The summed E-state index contributed by atoms with van der Waals surface area (Å²) in [5.74, 6) is -0.250. The molecule has 0 saturated heterocycles. The van der Waals surface area contributed by atoms with E-state index in [1.54, 1.807) is 13.8 Å². The molecule has 100 valence electrons. The molecule has 18 heavy (non-hydrogen) atoms. The van der Waals surface area contributed by atoms with Crippen molar-refractivity contribution in [2.45, 2.75) is 23.6 Å². The van der Waals surface area contributed by atoms with E-state index in [1.807, 2.05) is 0 Å². The Kier molecular flexibility index (Phi) is 4.81. The quantitative estimate of drug-likeness (QED) is 0.822. The monoisotopic (exact) mass is 288 g/mol. The number of benzene rings is 1. The normalized spacial score (nSPS) is 13.6. The van der Waals surface area contributed by atoms with Crippen molar-refractivity contribution >= 4 is 26.4 Å². The van der Waals surface area contributed by atoms with Crippen LogP contribution >= 0.6 is 0 Å². The lowest BCUT2D eigenvalue weighted by Crippen LogP contribution is -2.16. The Balaban J connectivity index is 2.87. The summed E-state index contributed by atoms with van der Waals surface area (Å²) in [4.78, 5) is 12.1. The standard InChI is InChI=1S/C12H16O4S2/c1-9(2)12(13)8-17(14)10-4-6-11(7-5-10)18(3,15)16/h4-7,9H,8H2,1-3H3. The summed E-state index contributed by atoms with van der Waals surface area (Å²) in [5, 5.41) is 0. The molecule has 0 spiro atoms. The van der Waals surface area contributed by atoms with Crippen molar-refractivity contribution in [3.8, 4) is 0 Å². The fourth-order valence-electron chi connectivity index (χ4n) is 1.22. The zero-order chi connectivity index (χ0) is 13.9. The van der Waals surface area contributed by atoms with Crippen molar-refractivity contribution in [3.05, 3.63) is 24.3 Å². The molecule has 0 fully saturated rings. The Hall–Kier alpha value is -1.01. The van der Waals surface area contributed by atoms with Crippen LogP contribution in [0.5, 0.6) is 0 Å². The molecule has 1 aromatic carbocycles. The van der Waals surface area contributed by atoms with Crippen molar-refractivity contribution in [3.63, 3.8) is 0 Å². The molecule has 1 aromatic rings. The average molecular weight is 288 g/mol. The first-order valence-electron chi connectivity index (χ1n) is 5.43. The second-order valence-corrected chi connectivity index (χ2v) is 7.82. The Morgan fingerprint density at radius 1 is 1.22 bits per heavy atom. The predicted octanol–water partition coefficient (Wildman–Crippen LogP) is 1.42. The summed E-state index contributed by atoms with van der Waals surface area (Å²) in [6.07, 6.45) is 1.11. The molecule has 0 bridgehead atoms. The third-order valence-corrected chi connectivity index (χ3v) is 4.91. The first-order chi connectivity index (χ1) is 8.21. The molecular formula is C12H16O4S2. The molecule has 0 N–H and O–H groups in total. The number of Topliss-reactive ketones (excluding diaryl/α,β-unsaturated/α-hetero) is 1. The van der Waals surface area contributed by atoms with E-state index in [2.05, 4.69) is 0 Å². The van der Waals surface area contributed by atoms with Crippen LogP contribution in [0.25, 0.3) is 0 Å². The lowest BCUT2D eigenvalue weighted by atomic mass is 10.1. The van der Waals surface area contributed by atoms with Crippen LogP contribution in [0.1, 0.15) is 13.8 Å². The number of rotatable bonds is 5. The lowest BCUT2D eigenvalue weighted by molar-refractivity contribution is -0.119. The van der Waals surface area contributed by atoms with Crippen molar-refractivity contribution in [2.24, 2.45) is 5.92 Å². The maximum absolute atomic E-state index is 11.9. The fourth-order valence-corrected chi connectivity index (χ4v) is 3.05. The van der Waals surface area contributed by atoms with Crippen LogP contribution < -0.4 is 0 Å². The lowest BCUT2D eigenvalue weighted by Gasteiger charge is -2.05. The average Bonchev–Trinajstić information content (AvgIpc) is 2.27. The van der Waals surface area contributed by atoms with E-state index in [0.717, 1.165) is 6.26 Å². The second-order valence-electron chi connectivity index (χ2n) is 4.35. The van der Waals surface area contributed by atoms with E-state index in [1.165, 1.54) is 24.3 Å². The van der Waals surface area contributed by atoms with Gasteiger partial charge in [-0.2, -0.15) is 0 Å². The maximum Gasteiger partial charge on any atom is 0.175 e. The molecule has 0 aliphatic carbocycles. The highest BCUT2D eigenvalue weighted by Gasteiger charge is 2.14. The molecule has 0 amide bonds. The summed E-state index contributed by atoms with van der Waals surface area (Å²) in [7, 11) is -4.66. The molecule has 0 aliphatic rings. The highest BCUT2D eigenvalue weighted by Crippen LogP contribution is 2.14. The molecule has 0 radical (unpaired) electrons. The molecule has 0 heterocycles. The fraction of sp³-hybridized carbons (Fsp3) is 0.417. The van der Waals surface area contributed by atoms with Gasteiger partial charge in [0, 0.05) is 17.1 Å². The van der Waals surface area contributed by atoms with Gasteiger partial charge in [-0.15, -0.1) is 0 Å². The van der Waals surface area contributed by atoms with Crippen LogP contribution in [0.4, 0.5) is 0 Å². The molecule has 0 aromatic heterocycles. The van der Waals surface area contributed by atoms with Crippen molar-refractivity contribution in [2.75, 3.05) is 12.0 Å². The summed E-state index contributed by atoms with van der Waals surface area (Å²) in [5.41, 5.74) is 0. The summed E-state index contributed by atoms with van der Waals surface area (Å²) < 4.78 is 34.4. The van der Waals surface area contributed by atoms with E-state index in [-0.39, 0.29) is 22.3 Å². The second kappa shape index (κ2) is 5.75. The zero-order valence-corrected chi connectivity index (χ0v) is 12.2. The third kappa shape index (κ3) is 4.03. The van der Waals surface area contributed by atoms with Crippen LogP contribution in [-0.4, -0.2) is 30.4 Å². The van der Waals surface area contributed by atoms with Gasteiger partial charge in [0.2, 0.25) is 0 Å². The van der Waals surface area contributed by atoms with Crippen LogP contribution in [0, 0.1) is 5.92 Å². The number of carbonyl (C=O) groups is 1. The molecule has 1 atom stereocenters. The highest BCUT2D eigenvalue weighted by molar-refractivity contribution is 7.90. The van der Waals surface area contributed by atoms with E-state index in [9.17, 15) is 17.4 Å². The zero-order valence-electron chi connectivity index (χ0n) is 10.5. The summed E-state index contributed by atoms with van der Waals surface area (Å²) >= 11 is 0. The third-order valence-electron chi connectivity index (χ3n) is 2.43. The van der Waals surface area contributed by atoms with Gasteiger partial charge in [0.1, 0.15) is 5.78 Å². The van der Waals surface area contributed by atoms with Gasteiger partial charge in [0.05, 0.1) is 21.4 Å². The highest BCUT2D eigenvalue weighted by atomic mass is 32.2. The molecule has 0 saturated carbocycles. The predicted molar refractivity (Wildman–Crippen MR) is 70.7 cm³/mol. The minimum absolute atomic E-state index is 0.0319. The van der Waals surface area contributed by atoms with Crippen LogP contribution in [0.2, 0.25) is 0 Å². The number of ketones is 1. The van der Waals surface area contributed by atoms with Gasteiger partial charge in [-0.1, -0.05) is 13.8 Å². The van der Waals surface area contributed by atoms with Crippen molar-refractivity contribution < 1.29 is 17.4 Å². The van der Waals surface area contributed by atoms with Gasteiger partial charge in [-0.3, -0.25) is 9.00 Å². The van der Waals surface area contributed by atoms with Gasteiger partial charge >= 0.3 is 0 Å². The van der Waals surface area contributed by atoms with Gasteiger partial charge < -0.3 is 0 Å². The number of sulfone groups is 1. The Morgan fingerprint density at radius 3 is 2.11 bits per heavy atom. The van der Waals surface area contributed by atoms with E-state index in [0.29, 0.717) is 4.90 Å². The largest absolute Gasteiger partial charge is 0.298 e. The first-order valence-corrected chi connectivity index (χ1v) is 8.64. The Morgan fingerprint density at radius 2 is 1.72 bits per heavy atom. The maximum atomic E-state index is 11.9. The molecule has 0 aliphatic heterocycles. The van der Waals surface area contributed by atoms with Gasteiger partial charge in [0.15, 0.2) is 9.84 Å². The minimum atomic E-state index is -3.25. The molecule has 1 rings (SSSR count).